The van der Waals surface area contributed by atoms with Crippen molar-refractivity contribution in [1.82, 2.24) is 14.9 Å². The van der Waals surface area contributed by atoms with E-state index in [-0.39, 0.29) is 48.7 Å². The normalized spacial score (nSPS) is 13.9. The molecule has 142 valence electrons. The zero-order valence-electron chi connectivity index (χ0n) is 14.2. The first-order valence-electron chi connectivity index (χ1n) is 8.25. The number of nitrogens with one attached hydrogen (secondary N) is 1. The fourth-order valence-electron chi connectivity index (χ4n) is 2.80. The van der Waals surface area contributed by atoms with Crippen molar-refractivity contribution in [2.45, 2.75) is 18.8 Å². The number of carboxylic acids is 1. The van der Waals surface area contributed by atoms with Crippen LogP contribution in [0.15, 0.2) is 24.7 Å². The Bertz CT molecular complexity index is 835. The second-order valence-corrected chi connectivity index (χ2v) is 6.18. The third kappa shape index (κ3) is 4.04. The van der Waals surface area contributed by atoms with Crippen LogP contribution in [-0.4, -0.2) is 73.3 Å². The van der Waals surface area contributed by atoms with Gasteiger partial charge in [0.1, 0.15) is 28.9 Å². The number of hydrogen-bond acceptors (Lipinski definition) is 7. The monoisotopic (exact) mass is 375 g/mol. The van der Waals surface area contributed by atoms with Gasteiger partial charge in [-0.25, -0.2) is 9.78 Å². The Labute approximate surface area is 154 Å². The van der Waals surface area contributed by atoms with Crippen molar-refractivity contribution in [3.05, 3.63) is 41.5 Å². The molecule has 0 spiro atoms. The summed E-state index contributed by atoms with van der Waals surface area (Å²) in [6.07, 6.45) is 2.54. The zero-order chi connectivity index (χ0) is 19.6. The van der Waals surface area contributed by atoms with E-state index in [2.05, 4.69) is 9.97 Å². The predicted octanol–water partition coefficient (Wildman–Crippen LogP) is -0.268. The maximum absolute atomic E-state index is 12.1. The van der Waals surface area contributed by atoms with Crippen LogP contribution in [-0.2, 0) is 6.42 Å². The molecule has 0 aliphatic carbocycles. The molecule has 1 amide bonds. The highest BCUT2D eigenvalue weighted by atomic mass is 16.5. The SMILES string of the molecule is O=C(O)c1c(OC2CN(C(=O)c3c[nH]cn3)C2)ccc(CCB(O)O)c1O. The summed E-state index contributed by atoms with van der Waals surface area (Å²) in [5.74, 6) is -2.09. The molecule has 10 nitrogen and oxygen atoms in total. The van der Waals surface area contributed by atoms with Gasteiger partial charge in [0.2, 0.25) is 0 Å². The summed E-state index contributed by atoms with van der Waals surface area (Å²) in [5.41, 5.74) is 0.168. The number of likely N-dealkylation sites (tertiary alicyclic amines) is 1. The predicted molar refractivity (Wildman–Crippen MR) is 92.7 cm³/mol. The number of imidazole rings is 1. The number of rotatable bonds is 7. The quantitative estimate of drug-likeness (QED) is 0.414. The van der Waals surface area contributed by atoms with Gasteiger partial charge in [0.25, 0.3) is 5.91 Å². The van der Waals surface area contributed by atoms with Crippen molar-refractivity contribution < 1.29 is 34.6 Å². The van der Waals surface area contributed by atoms with Gasteiger partial charge in [0.15, 0.2) is 0 Å². The number of benzene rings is 1. The van der Waals surface area contributed by atoms with E-state index in [0.29, 0.717) is 0 Å². The molecular formula is C16H18BN3O7. The minimum Gasteiger partial charge on any atom is -0.507 e. The molecule has 0 saturated carbocycles. The lowest BCUT2D eigenvalue weighted by Gasteiger charge is -2.38. The number of aromatic nitrogens is 2. The maximum Gasteiger partial charge on any atom is 0.451 e. The number of ether oxygens (including phenoxy) is 1. The van der Waals surface area contributed by atoms with Gasteiger partial charge in [-0.1, -0.05) is 6.07 Å². The molecule has 5 N–H and O–H groups in total. The second kappa shape index (κ2) is 7.68. The van der Waals surface area contributed by atoms with Gasteiger partial charge in [0.05, 0.1) is 19.4 Å². The third-order valence-electron chi connectivity index (χ3n) is 4.26. The number of phenols is 1. The van der Waals surface area contributed by atoms with Crippen LogP contribution in [0.5, 0.6) is 11.5 Å². The average molecular weight is 375 g/mol. The van der Waals surface area contributed by atoms with E-state index < -0.39 is 30.5 Å². The first-order valence-corrected chi connectivity index (χ1v) is 8.25. The molecule has 1 aromatic heterocycles. The van der Waals surface area contributed by atoms with E-state index in [1.165, 1.54) is 29.6 Å². The van der Waals surface area contributed by atoms with Crippen LogP contribution in [0, 0.1) is 0 Å². The van der Waals surface area contributed by atoms with Crippen LogP contribution in [0.3, 0.4) is 0 Å². The highest BCUT2D eigenvalue weighted by Crippen LogP contribution is 2.34. The maximum atomic E-state index is 12.1. The molecule has 3 rings (SSSR count). The number of nitrogens with zero attached hydrogens (tertiary/aromatic N) is 2. The number of aromatic amines is 1. The van der Waals surface area contributed by atoms with Crippen LogP contribution >= 0.6 is 0 Å². The Hall–Kier alpha value is -3.05. The lowest BCUT2D eigenvalue weighted by molar-refractivity contribution is 0.0165. The van der Waals surface area contributed by atoms with Crippen LogP contribution in [0.1, 0.15) is 26.4 Å². The number of aryl methyl sites for hydroxylation is 1. The summed E-state index contributed by atoms with van der Waals surface area (Å²) in [5, 5.41) is 37.5. The number of carbonyl (C=O) groups excluding carboxylic acids is 1. The summed E-state index contributed by atoms with van der Waals surface area (Å²) in [6.45, 7) is 0.536. The van der Waals surface area contributed by atoms with Gasteiger partial charge >= 0.3 is 13.1 Å². The van der Waals surface area contributed by atoms with E-state index in [4.69, 9.17) is 14.8 Å². The fourth-order valence-corrected chi connectivity index (χ4v) is 2.80. The molecule has 0 unspecified atom stereocenters. The van der Waals surface area contributed by atoms with Gasteiger partial charge < -0.3 is 34.9 Å². The minimum atomic E-state index is -1.55. The minimum absolute atomic E-state index is 0.00911. The van der Waals surface area contributed by atoms with Gasteiger partial charge in [0, 0.05) is 6.20 Å². The van der Waals surface area contributed by atoms with Crippen molar-refractivity contribution in [3.8, 4) is 11.5 Å². The second-order valence-electron chi connectivity index (χ2n) is 6.18. The molecule has 1 saturated heterocycles. The van der Waals surface area contributed by atoms with Gasteiger partial charge in [-0.2, -0.15) is 0 Å². The standard InChI is InChI=1S/C16H18BN3O7/c21-14-9(3-4-17(25)26)1-2-12(13(14)16(23)24)27-10-6-20(7-10)15(22)11-5-18-8-19-11/h1-2,5,8,10,21,25-26H,3-4,6-7H2,(H,18,19)(H,23,24). The summed E-state index contributed by atoms with van der Waals surface area (Å²) in [7, 11) is -1.55. The van der Waals surface area contributed by atoms with Crippen molar-refractivity contribution >= 4 is 19.0 Å². The molecule has 11 heteroatoms. The summed E-state index contributed by atoms with van der Waals surface area (Å²) in [6, 6.07) is 2.89. The first kappa shape index (κ1) is 18.7. The van der Waals surface area contributed by atoms with Crippen LogP contribution in [0.2, 0.25) is 6.32 Å². The topological polar surface area (TPSA) is 156 Å². The summed E-state index contributed by atoms with van der Waals surface area (Å²) >= 11 is 0. The Morgan fingerprint density at radius 3 is 2.67 bits per heavy atom. The van der Waals surface area contributed by atoms with Crippen LogP contribution < -0.4 is 4.74 Å². The highest BCUT2D eigenvalue weighted by molar-refractivity contribution is 6.41. The molecule has 0 bridgehead atoms. The molecule has 1 fully saturated rings. The highest BCUT2D eigenvalue weighted by Gasteiger charge is 2.35. The summed E-state index contributed by atoms with van der Waals surface area (Å²) < 4.78 is 5.64. The lowest BCUT2D eigenvalue weighted by atomic mass is 9.82. The average Bonchev–Trinajstić information content (AvgIpc) is 3.10. The third-order valence-corrected chi connectivity index (χ3v) is 4.26. The number of H-pyrrole nitrogens is 1. The zero-order valence-corrected chi connectivity index (χ0v) is 14.2. The Morgan fingerprint density at radius 1 is 1.33 bits per heavy atom. The van der Waals surface area contributed by atoms with E-state index in [9.17, 15) is 19.8 Å². The molecule has 2 aromatic rings. The molecular weight excluding hydrogens is 357 g/mol. The number of aromatic hydroxyl groups is 1. The lowest BCUT2D eigenvalue weighted by Crippen LogP contribution is -2.56. The van der Waals surface area contributed by atoms with Gasteiger partial charge in [-0.15, -0.1) is 0 Å². The fraction of sp³-hybridized carbons (Fsp3) is 0.312. The Morgan fingerprint density at radius 2 is 2.07 bits per heavy atom. The molecule has 1 aliphatic heterocycles. The molecule has 1 aromatic carbocycles. The molecule has 1 aliphatic rings. The molecule has 27 heavy (non-hydrogen) atoms. The number of hydrogen-bond donors (Lipinski definition) is 5. The number of amides is 1. The number of carboxylic acid groups (broad SMARTS) is 1. The van der Waals surface area contributed by atoms with Gasteiger partial charge in [-0.05, 0) is 24.4 Å². The molecule has 0 atom stereocenters. The van der Waals surface area contributed by atoms with E-state index in [1.54, 1.807) is 0 Å². The number of aromatic carboxylic acids is 1. The van der Waals surface area contributed by atoms with E-state index >= 15 is 0 Å². The Balaban J connectivity index is 1.67. The van der Waals surface area contributed by atoms with Gasteiger partial charge in [-0.3, -0.25) is 4.79 Å². The summed E-state index contributed by atoms with van der Waals surface area (Å²) in [4.78, 5) is 31.7. The smallest absolute Gasteiger partial charge is 0.451 e. The largest absolute Gasteiger partial charge is 0.507 e. The van der Waals surface area contributed by atoms with Crippen molar-refractivity contribution in [2.75, 3.05) is 13.1 Å². The van der Waals surface area contributed by atoms with Crippen molar-refractivity contribution in [3.63, 3.8) is 0 Å². The first-order chi connectivity index (χ1) is 12.9. The molecule has 2 heterocycles. The van der Waals surface area contributed by atoms with E-state index in [0.717, 1.165) is 0 Å². The van der Waals surface area contributed by atoms with E-state index in [1.807, 2.05) is 0 Å². The van der Waals surface area contributed by atoms with Crippen molar-refractivity contribution in [1.29, 1.82) is 0 Å². The number of carbonyl (C=O) groups is 2. The van der Waals surface area contributed by atoms with Crippen LogP contribution in [0.25, 0.3) is 0 Å². The molecule has 0 radical (unpaired) electrons. The van der Waals surface area contributed by atoms with Crippen LogP contribution in [0.4, 0.5) is 0 Å². The van der Waals surface area contributed by atoms with Crippen molar-refractivity contribution in [2.24, 2.45) is 0 Å². The Kier molecular flexibility index (Phi) is 5.33.